The zero-order valence-electron chi connectivity index (χ0n) is 13.5. The summed E-state index contributed by atoms with van der Waals surface area (Å²) >= 11 is 2.97. The Hall–Kier alpha value is -2.63. The fourth-order valence-electron chi connectivity index (χ4n) is 2.22. The normalized spacial score (nSPS) is 10.4. The summed E-state index contributed by atoms with van der Waals surface area (Å²) in [5.41, 5.74) is 1.23. The van der Waals surface area contributed by atoms with Crippen molar-refractivity contribution in [2.24, 2.45) is 0 Å². The van der Waals surface area contributed by atoms with Crippen LogP contribution in [-0.2, 0) is 11.3 Å². The van der Waals surface area contributed by atoms with Gasteiger partial charge in [0.1, 0.15) is 0 Å². The lowest BCUT2D eigenvalue weighted by molar-refractivity contribution is -0.113. The van der Waals surface area contributed by atoms with E-state index < -0.39 is 0 Å². The molecule has 8 heteroatoms. The van der Waals surface area contributed by atoms with Gasteiger partial charge in [-0.15, -0.1) is 21.5 Å². The van der Waals surface area contributed by atoms with Crippen LogP contribution in [0.2, 0.25) is 0 Å². The van der Waals surface area contributed by atoms with Crippen LogP contribution in [0.25, 0.3) is 10.7 Å². The third-order valence-electron chi connectivity index (χ3n) is 3.40. The molecular formula is C17H15N5OS2. The summed E-state index contributed by atoms with van der Waals surface area (Å²) in [5.74, 6) is 0.938. The predicted molar refractivity (Wildman–Crippen MR) is 99.5 cm³/mol. The third kappa shape index (κ3) is 4.07. The number of nitrogens with one attached hydrogen (secondary N) is 1. The molecule has 2 heterocycles. The summed E-state index contributed by atoms with van der Waals surface area (Å²) in [4.78, 5) is 13.2. The molecule has 1 aromatic carbocycles. The number of benzene rings is 1. The van der Waals surface area contributed by atoms with Crippen LogP contribution in [0, 0.1) is 11.3 Å². The highest BCUT2D eigenvalue weighted by molar-refractivity contribution is 7.99. The predicted octanol–water partition coefficient (Wildman–Crippen LogP) is 3.63. The number of aromatic nitrogens is 3. The van der Waals surface area contributed by atoms with Crippen LogP contribution in [0.15, 0.2) is 46.9 Å². The Morgan fingerprint density at radius 3 is 2.76 bits per heavy atom. The number of anilines is 1. The molecule has 3 aromatic rings. The topological polar surface area (TPSA) is 83.6 Å². The Balaban J connectivity index is 1.63. The molecule has 0 spiro atoms. The molecule has 1 N–H and O–H groups in total. The Morgan fingerprint density at radius 1 is 1.32 bits per heavy atom. The molecule has 0 saturated heterocycles. The number of amides is 1. The second kappa shape index (κ2) is 7.96. The Kier molecular flexibility index (Phi) is 5.48. The highest BCUT2D eigenvalue weighted by atomic mass is 32.2. The molecule has 0 aliphatic carbocycles. The number of hydrogen-bond acceptors (Lipinski definition) is 6. The van der Waals surface area contributed by atoms with Gasteiger partial charge in [0.15, 0.2) is 11.0 Å². The van der Waals surface area contributed by atoms with Crippen LogP contribution < -0.4 is 5.32 Å². The molecular weight excluding hydrogens is 354 g/mol. The van der Waals surface area contributed by atoms with E-state index in [2.05, 4.69) is 15.5 Å². The molecule has 0 bridgehead atoms. The average molecular weight is 369 g/mol. The van der Waals surface area contributed by atoms with Gasteiger partial charge in [0.05, 0.1) is 22.3 Å². The van der Waals surface area contributed by atoms with Crippen molar-refractivity contribution < 1.29 is 4.79 Å². The van der Waals surface area contributed by atoms with Gasteiger partial charge >= 0.3 is 0 Å². The summed E-state index contributed by atoms with van der Waals surface area (Å²) in [7, 11) is 0. The van der Waals surface area contributed by atoms with E-state index in [1.807, 2.05) is 35.1 Å². The Morgan fingerprint density at radius 2 is 2.12 bits per heavy atom. The zero-order chi connectivity index (χ0) is 17.6. The van der Waals surface area contributed by atoms with Crippen molar-refractivity contribution in [3.63, 3.8) is 0 Å². The zero-order valence-corrected chi connectivity index (χ0v) is 15.1. The van der Waals surface area contributed by atoms with Crippen molar-refractivity contribution in [1.82, 2.24) is 14.8 Å². The minimum atomic E-state index is -0.127. The maximum Gasteiger partial charge on any atom is 0.234 e. The molecule has 0 radical (unpaired) electrons. The number of thioether (sulfide) groups is 1. The molecule has 0 aliphatic heterocycles. The number of nitrogens with zero attached hydrogens (tertiary/aromatic N) is 4. The second-order valence-corrected chi connectivity index (χ2v) is 6.94. The summed E-state index contributed by atoms with van der Waals surface area (Å²) in [6, 6.07) is 12.8. The van der Waals surface area contributed by atoms with Crippen LogP contribution in [0.5, 0.6) is 0 Å². The molecule has 0 atom stereocenters. The van der Waals surface area contributed by atoms with Gasteiger partial charge in [-0.1, -0.05) is 17.8 Å². The van der Waals surface area contributed by atoms with E-state index in [0.717, 1.165) is 22.4 Å². The summed E-state index contributed by atoms with van der Waals surface area (Å²) in [6.45, 7) is 2.77. The summed E-state index contributed by atoms with van der Waals surface area (Å²) < 4.78 is 2.01. The largest absolute Gasteiger partial charge is 0.325 e. The van der Waals surface area contributed by atoms with Crippen molar-refractivity contribution >= 4 is 34.7 Å². The minimum absolute atomic E-state index is 0.127. The van der Waals surface area contributed by atoms with Crippen molar-refractivity contribution in [1.29, 1.82) is 5.26 Å². The first kappa shape index (κ1) is 17.2. The van der Waals surface area contributed by atoms with Crippen molar-refractivity contribution in [3.8, 4) is 16.8 Å². The SMILES string of the molecule is CCn1c(SCC(=O)Nc2ccc(C#N)cc2)nnc1-c1cccs1. The Bertz CT molecular complexity index is 894. The summed E-state index contributed by atoms with van der Waals surface area (Å²) in [5, 5.41) is 22.8. The summed E-state index contributed by atoms with van der Waals surface area (Å²) in [6.07, 6.45) is 0. The van der Waals surface area contributed by atoms with Gasteiger partial charge < -0.3 is 9.88 Å². The van der Waals surface area contributed by atoms with E-state index in [1.54, 1.807) is 35.6 Å². The van der Waals surface area contributed by atoms with Crippen molar-refractivity contribution in [3.05, 3.63) is 47.3 Å². The highest BCUT2D eigenvalue weighted by Crippen LogP contribution is 2.27. The lowest BCUT2D eigenvalue weighted by Gasteiger charge is -2.07. The molecule has 6 nitrogen and oxygen atoms in total. The molecule has 25 heavy (non-hydrogen) atoms. The lowest BCUT2D eigenvalue weighted by Crippen LogP contribution is -2.14. The molecule has 0 aliphatic rings. The lowest BCUT2D eigenvalue weighted by atomic mass is 10.2. The second-order valence-electron chi connectivity index (χ2n) is 5.05. The quantitative estimate of drug-likeness (QED) is 0.671. The Labute approximate surface area is 153 Å². The average Bonchev–Trinajstić information content (AvgIpc) is 3.29. The fraction of sp³-hybridized carbons (Fsp3) is 0.176. The van der Waals surface area contributed by atoms with Crippen LogP contribution >= 0.6 is 23.1 Å². The van der Waals surface area contributed by atoms with Gasteiger partial charge in [0.25, 0.3) is 0 Å². The van der Waals surface area contributed by atoms with E-state index in [-0.39, 0.29) is 11.7 Å². The number of nitriles is 1. The molecule has 0 unspecified atom stereocenters. The van der Waals surface area contributed by atoms with E-state index >= 15 is 0 Å². The van der Waals surface area contributed by atoms with Gasteiger partial charge in [-0.2, -0.15) is 5.26 Å². The fourth-order valence-corrected chi connectivity index (χ4v) is 3.74. The third-order valence-corrected chi connectivity index (χ3v) is 5.24. The molecule has 1 amide bonds. The van der Waals surface area contributed by atoms with E-state index in [1.165, 1.54) is 11.8 Å². The van der Waals surface area contributed by atoms with Gasteiger partial charge in [0, 0.05) is 12.2 Å². The molecule has 126 valence electrons. The standard InChI is InChI=1S/C17H15N5OS2/c1-2-22-16(14-4-3-9-24-14)20-21-17(22)25-11-15(23)19-13-7-5-12(10-18)6-8-13/h3-9H,2,11H2,1H3,(H,19,23). The number of carbonyl (C=O) groups excluding carboxylic acids is 1. The van der Waals surface area contributed by atoms with E-state index in [0.29, 0.717) is 11.3 Å². The molecule has 2 aromatic heterocycles. The van der Waals surface area contributed by atoms with Crippen LogP contribution in [-0.4, -0.2) is 26.4 Å². The van der Waals surface area contributed by atoms with E-state index in [9.17, 15) is 4.79 Å². The van der Waals surface area contributed by atoms with Crippen LogP contribution in [0.3, 0.4) is 0 Å². The molecule has 0 fully saturated rings. The van der Waals surface area contributed by atoms with Gasteiger partial charge in [-0.05, 0) is 42.6 Å². The smallest absolute Gasteiger partial charge is 0.234 e. The van der Waals surface area contributed by atoms with Crippen molar-refractivity contribution in [2.75, 3.05) is 11.1 Å². The molecule has 3 rings (SSSR count). The highest BCUT2D eigenvalue weighted by Gasteiger charge is 2.15. The van der Waals surface area contributed by atoms with Crippen molar-refractivity contribution in [2.45, 2.75) is 18.6 Å². The molecule has 0 saturated carbocycles. The van der Waals surface area contributed by atoms with Crippen LogP contribution in [0.1, 0.15) is 12.5 Å². The van der Waals surface area contributed by atoms with Gasteiger partial charge in [-0.3, -0.25) is 4.79 Å². The van der Waals surface area contributed by atoms with Gasteiger partial charge in [0.2, 0.25) is 5.91 Å². The monoisotopic (exact) mass is 369 g/mol. The first-order valence-electron chi connectivity index (χ1n) is 7.61. The first-order chi connectivity index (χ1) is 12.2. The first-order valence-corrected chi connectivity index (χ1v) is 9.47. The number of thiophene rings is 1. The van der Waals surface area contributed by atoms with Gasteiger partial charge in [-0.25, -0.2) is 0 Å². The maximum atomic E-state index is 12.1. The maximum absolute atomic E-state index is 12.1. The number of rotatable bonds is 6. The van der Waals surface area contributed by atoms with E-state index in [4.69, 9.17) is 5.26 Å². The number of hydrogen-bond donors (Lipinski definition) is 1. The number of carbonyl (C=O) groups is 1. The van der Waals surface area contributed by atoms with Crippen LogP contribution in [0.4, 0.5) is 5.69 Å². The minimum Gasteiger partial charge on any atom is -0.325 e.